The van der Waals surface area contributed by atoms with E-state index in [2.05, 4.69) is 10.3 Å². The third-order valence-corrected chi connectivity index (χ3v) is 2.71. The lowest BCUT2D eigenvalue weighted by molar-refractivity contribution is 0.102. The second-order valence-electron chi connectivity index (χ2n) is 4.12. The first kappa shape index (κ1) is 13.9. The number of anilines is 1. The number of methoxy groups -OCH3 is 1. The van der Waals surface area contributed by atoms with Crippen LogP contribution in [0.15, 0.2) is 30.7 Å². The van der Waals surface area contributed by atoms with E-state index in [9.17, 15) is 9.90 Å². The van der Waals surface area contributed by atoms with Gasteiger partial charge in [-0.1, -0.05) is 0 Å². The fraction of sp³-hybridized carbons (Fsp3) is 0.231. The highest BCUT2D eigenvalue weighted by Gasteiger charge is 2.12. The number of benzene rings is 1. The summed E-state index contributed by atoms with van der Waals surface area (Å²) in [6, 6.07) is 4.62. The molecule has 1 aromatic carbocycles. The van der Waals surface area contributed by atoms with Crippen LogP contribution >= 0.6 is 0 Å². The van der Waals surface area contributed by atoms with Crippen molar-refractivity contribution in [2.45, 2.75) is 6.54 Å². The molecule has 0 aliphatic carbocycles. The van der Waals surface area contributed by atoms with E-state index < -0.39 is 5.91 Å². The van der Waals surface area contributed by atoms with E-state index in [1.54, 1.807) is 22.9 Å². The van der Waals surface area contributed by atoms with Gasteiger partial charge in [0.05, 0.1) is 19.1 Å². The Hall–Kier alpha value is -2.54. The number of phenolic OH excluding ortho intramolecular Hbond substituents is 1. The highest BCUT2D eigenvalue weighted by Crippen LogP contribution is 2.28. The van der Waals surface area contributed by atoms with Gasteiger partial charge in [0.15, 0.2) is 0 Å². The number of rotatable bonds is 5. The van der Waals surface area contributed by atoms with Gasteiger partial charge in [-0.05, 0) is 12.1 Å². The van der Waals surface area contributed by atoms with Gasteiger partial charge in [0.25, 0.3) is 5.91 Å². The minimum Gasteiger partial charge on any atom is -0.506 e. The van der Waals surface area contributed by atoms with Crippen LogP contribution in [0.3, 0.4) is 0 Å². The highest BCUT2D eigenvalue weighted by molar-refractivity contribution is 6.03. The molecule has 0 aliphatic rings. The van der Waals surface area contributed by atoms with Crippen molar-refractivity contribution in [3.05, 3.63) is 36.4 Å². The maximum atomic E-state index is 12.0. The molecule has 0 fully saturated rings. The minimum absolute atomic E-state index is 0.0703. The third-order valence-electron chi connectivity index (χ3n) is 2.71. The predicted octanol–water partition coefficient (Wildman–Crippen LogP) is 0.808. The number of ether oxygens (including phenoxy) is 1. The molecular formula is C13H16N4O3. The highest BCUT2D eigenvalue weighted by atomic mass is 16.5. The van der Waals surface area contributed by atoms with Crippen molar-refractivity contribution >= 4 is 11.6 Å². The van der Waals surface area contributed by atoms with E-state index in [0.29, 0.717) is 24.5 Å². The molecule has 1 amide bonds. The molecule has 1 heterocycles. The number of hydrogen-bond donors (Lipinski definition) is 3. The summed E-state index contributed by atoms with van der Waals surface area (Å²) in [5.74, 6) is 0.0352. The van der Waals surface area contributed by atoms with E-state index >= 15 is 0 Å². The van der Waals surface area contributed by atoms with Crippen molar-refractivity contribution in [3.8, 4) is 11.5 Å². The van der Waals surface area contributed by atoms with Gasteiger partial charge in [-0.2, -0.15) is 0 Å². The quantitative estimate of drug-likeness (QED) is 0.701. The summed E-state index contributed by atoms with van der Waals surface area (Å²) in [4.78, 5) is 16.0. The number of amides is 1. The summed E-state index contributed by atoms with van der Waals surface area (Å²) in [5.41, 5.74) is 5.98. The number of phenols is 1. The Morgan fingerprint density at radius 3 is 3.00 bits per heavy atom. The molecule has 7 nitrogen and oxygen atoms in total. The number of imidazole rings is 1. The fourth-order valence-corrected chi connectivity index (χ4v) is 1.68. The Bertz CT molecular complexity index is 609. The molecule has 0 aliphatic heterocycles. The summed E-state index contributed by atoms with van der Waals surface area (Å²) in [5, 5.41) is 12.4. The second-order valence-corrected chi connectivity index (χ2v) is 4.12. The number of nitrogens with zero attached hydrogens (tertiary/aromatic N) is 2. The van der Waals surface area contributed by atoms with Crippen LogP contribution in [0.2, 0.25) is 0 Å². The van der Waals surface area contributed by atoms with Crippen LogP contribution in [-0.2, 0) is 6.54 Å². The second kappa shape index (κ2) is 6.07. The number of carbonyl (C=O) groups excluding carboxylic acids is 1. The molecule has 0 unspecified atom stereocenters. The molecule has 0 saturated heterocycles. The maximum Gasteiger partial charge on any atom is 0.275 e. The number of hydrogen-bond acceptors (Lipinski definition) is 5. The van der Waals surface area contributed by atoms with Crippen molar-refractivity contribution in [2.75, 3.05) is 19.0 Å². The first-order valence-corrected chi connectivity index (χ1v) is 6.04. The predicted molar refractivity (Wildman–Crippen MR) is 73.9 cm³/mol. The summed E-state index contributed by atoms with van der Waals surface area (Å²) in [6.45, 7) is 1.06. The van der Waals surface area contributed by atoms with E-state index in [-0.39, 0.29) is 11.4 Å². The minimum atomic E-state index is -0.402. The molecule has 2 rings (SSSR count). The monoisotopic (exact) mass is 276 g/mol. The summed E-state index contributed by atoms with van der Waals surface area (Å²) >= 11 is 0. The lowest BCUT2D eigenvalue weighted by Gasteiger charge is -2.07. The van der Waals surface area contributed by atoms with Gasteiger partial charge in [-0.3, -0.25) is 4.79 Å². The largest absolute Gasteiger partial charge is 0.506 e. The number of aromatic nitrogens is 2. The van der Waals surface area contributed by atoms with Crippen molar-refractivity contribution in [3.63, 3.8) is 0 Å². The number of aromatic hydroxyl groups is 1. The standard InChI is InChI=1S/C13H16N4O3/c1-20-9-2-3-10(12(18)6-9)16-13(19)11-7-17(5-4-14)8-15-11/h2-3,6-8,18H,4-5,14H2,1H3,(H,16,19). The average Bonchev–Trinajstić information content (AvgIpc) is 2.90. The van der Waals surface area contributed by atoms with Crippen LogP contribution in [0.4, 0.5) is 5.69 Å². The molecule has 0 saturated carbocycles. The third kappa shape index (κ3) is 3.07. The fourth-order valence-electron chi connectivity index (χ4n) is 1.68. The molecule has 4 N–H and O–H groups in total. The van der Waals surface area contributed by atoms with E-state index in [4.69, 9.17) is 10.5 Å². The Kier molecular flexibility index (Phi) is 4.21. The lowest BCUT2D eigenvalue weighted by atomic mass is 10.2. The molecule has 106 valence electrons. The Labute approximate surface area is 116 Å². The van der Waals surface area contributed by atoms with Crippen LogP contribution in [0.25, 0.3) is 0 Å². The molecule has 20 heavy (non-hydrogen) atoms. The molecule has 2 aromatic rings. The normalized spacial score (nSPS) is 10.3. The Morgan fingerprint density at radius 2 is 2.35 bits per heavy atom. The van der Waals surface area contributed by atoms with E-state index in [1.807, 2.05) is 0 Å². The van der Waals surface area contributed by atoms with Crippen molar-refractivity contribution in [1.82, 2.24) is 9.55 Å². The van der Waals surface area contributed by atoms with Crippen LogP contribution in [0, 0.1) is 0 Å². The van der Waals surface area contributed by atoms with Gasteiger partial charge in [-0.25, -0.2) is 4.98 Å². The molecule has 7 heteroatoms. The molecule has 0 bridgehead atoms. The molecule has 0 radical (unpaired) electrons. The topological polar surface area (TPSA) is 102 Å². The average molecular weight is 276 g/mol. The van der Waals surface area contributed by atoms with Gasteiger partial charge in [0.1, 0.15) is 17.2 Å². The zero-order chi connectivity index (χ0) is 14.5. The Balaban J connectivity index is 2.10. The van der Waals surface area contributed by atoms with Crippen LogP contribution in [0.1, 0.15) is 10.5 Å². The van der Waals surface area contributed by atoms with E-state index in [1.165, 1.54) is 19.5 Å². The van der Waals surface area contributed by atoms with Crippen LogP contribution in [-0.4, -0.2) is 34.2 Å². The van der Waals surface area contributed by atoms with Crippen LogP contribution in [0.5, 0.6) is 11.5 Å². The summed E-state index contributed by atoms with van der Waals surface area (Å²) in [7, 11) is 1.50. The zero-order valence-corrected chi connectivity index (χ0v) is 11.0. The van der Waals surface area contributed by atoms with Crippen molar-refractivity contribution in [2.24, 2.45) is 5.73 Å². The maximum absolute atomic E-state index is 12.0. The van der Waals surface area contributed by atoms with Gasteiger partial charge in [-0.15, -0.1) is 0 Å². The molecule has 0 atom stereocenters. The van der Waals surface area contributed by atoms with Gasteiger partial charge in [0.2, 0.25) is 0 Å². The first-order valence-electron chi connectivity index (χ1n) is 6.04. The lowest BCUT2D eigenvalue weighted by Crippen LogP contribution is -2.13. The summed E-state index contributed by atoms with van der Waals surface area (Å²) in [6.07, 6.45) is 3.14. The molecule has 0 spiro atoms. The van der Waals surface area contributed by atoms with E-state index in [0.717, 1.165) is 0 Å². The number of carbonyl (C=O) groups is 1. The van der Waals surface area contributed by atoms with Crippen LogP contribution < -0.4 is 15.8 Å². The number of nitrogens with two attached hydrogens (primary N) is 1. The summed E-state index contributed by atoms with van der Waals surface area (Å²) < 4.78 is 6.69. The molecule has 1 aromatic heterocycles. The Morgan fingerprint density at radius 1 is 1.55 bits per heavy atom. The van der Waals surface area contributed by atoms with Gasteiger partial charge >= 0.3 is 0 Å². The first-order chi connectivity index (χ1) is 9.63. The van der Waals surface area contributed by atoms with Crippen molar-refractivity contribution < 1.29 is 14.6 Å². The SMILES string of the molecule is COc1ccc(NC(=O)c2cn(CCN)cn2)c(O)c1. The van der Waals surface area contributed by atoms with Crippen molar-refractivity contribution in [1.29, 1.82) is 0 Å². The van der Waals surface area contributed by atoms with Gasteiger partial charge < -0.3 is 25.5 Å². The zero-order valence-electron chi connectivity index (χ0n) is 11.0. The van der Waals surface area contributed by atoms with Gasteiger partial charge in [0, 0.05) is 25.4 Å². The smallest absolute Gasteiger partial charge is 0.275 e. The molecular weight excluding hydrogens is 260 g/mol. The number of nitrogens with one attached hydrogen (secondary N) is 1.